The Morgan fingerprint density at radius 2 is 1.97 bits per heavy atom. The Balaban J connectivity index is 1.70. The molecular formula is C20H25N7O3. The zero-order chi connectivity index (χ0) is 21.6. The highest BCUT2D eigenvalue weighted by Gasteiger charge is 2.30. The van der Waals surface area contributed by atoms with Gasteiger partial charge in [0.25, 0.3) is 5.56 Å². The number of nitrogens with one attached hydrogen (secondary N) is 1. The minimum atomic E-state index is -0.403. The molecule has 1 aliphatic rings. The smallest absolute Gasteiger partial charge is 0.332 e. The van der Waals surface area contributed by atoms with E-state index in [4.69, 9.17) is 4.74 Å². The van der Waals surface area contributed by atoms with Gasteiger partial charge in [-0.15, -0.1) is 0 Å². The van der Waals surface area contributed by atoms with Crippen LogP contribution in [0.1, 0.15) is 19.9 Å². The number of methoxy groups -OCH3 is 1. The molecule has 1 N–H and O–H groups in total. The molecule has 3 aromatic rings. The van der Waals surface area contributed by atoms with Crippen molar-refractivity contribution in [2.24, 2.45) is 19.2 Å². The summed E-state index contributed by atoms with van der Waals surface area (Å²) in [5.41, 5.74) is 1.80. The third kappa shape index (κ3) is 3.04. The molecule has 0 aliphatic carbocycles. The second-order valence-corrected chi connectivity index (χ2v) is 7.36. The average molecular weight is 411 g/mol. The molecular weight excluding hydrogens is 386 g/mol. The van der Waals surface area contributed by atoms with Crippen LogP contribution in [0, 0.1) is 0 Å². The number of anilines is 2. The highest BCUT2D eigenvalue weighted by Crippen LogP contribution is 2.29. The molecule has 30 heavy (non-hydrogen) atoms. The van der Waals surface area contributed by atoms with E-state index in [0.29, 0.717) is 30.2 Å². The van der Waals surface area contributed by atoms with Crippen LogP contribution in [0.15, 0.2) is 39.0 Å². The Hall–Kier alpha value is -3.56. The van der Waals surface area contributed by atoms with Crippen LogP contribution in [-0.2, 0) is 14.1 Å². The predicted molar refractivity (Wildman–Crippen MR) is 117 cm³/mol. The summed E-state index contributed by atoms with van der Waals surface area (Å²) >= 11 is 0. The van der Waals surface area contributed by atoms with Crippen LogP contribution in [-0.4, -0.2) is 44.6 Å². The van der Waals surface area contributed by atoms with Gasteiger partial charge in [-0.3, -0.25) is 18.5 Å². The van der Waals surface area contributed by atoms with E-state index in [1.807, 2.05) is 42.7 Å². The number of hydrogen-bond donors (Lipinski definition) is 1. The summed E-state index contributed by atoms with van der Waals surface area (Å²) < 4.78 is 9.63. The van der Waals surface area contributed by atoms with Gasteiger partial charge in [0.15, 0.2) is 11.2 Å². The van der Waals surface area contributed by atoms with Gasteiger partial charge in [-0.25, -0.2) is 9.80 Å². The van der Waals surface area contributed by atoms with Crippen LogP contribution in [0.5, 0.6) is 5.75 Å². The molecule has 0 radical (unpaired) electrons. The van der Waals surface area contributed by atoms with Gasteiger partial charge in [-0.2, -0.15) is 10.1 Å². The van der Waals surface area contributed by atoms with E-state index in [-0.39, 0.29) is 11.6 Å². The maximum Gasteiger partial charge on any atom is 0.332 e. The van der Waals surface area contributed by atoms with Crippen LogP contribution in [0.25, 0.3) is 11.2 Å². The Morgan fingerprint density at radius 3 is 2.70 bits per heavy atom. The highest BCUT2D eigenvalue weighted by molar-refractivity contribution is 5.91. The van der Waals surface area contributed by atoms with Gasteiger partial charge in [0.05, 0.1) is 25.4 Å². The van der Waals surface area contributed by atoms with E-state index in [0.717, 1.165) is 21.7 Å². The molecule has 0 saturated heterocycles. The summed E-state index contributed by atoms with van der Waals surface area (Å²) in [4.78, 5) is 29.8. The molecule has 158 valence electrons. The number of aryl methyl sites for hydroxylation is 1. The van der Waals surface area contributed by atoms with Crippen molar-refractivity contribution in [2.45, 2.75) is 19.9 Å². The van der Waals surface area contributed by atoms with E-state index in [2.05, 4.69) is 15.4 Å². The van der Waals surface area contributed by atoms with E-state index in [1.165, 1.54) is 11.6 Å². The summed E-state index contributed by atoms with van der Waals surface area (Å²) in [6, 6.07) is 7.54. The van der Waals surface area contributed by atoms with Crippen molar-refractivity contribution < 1.29 is 4.74 Å². The molecule has 10 heteroatoms. The number of fused-ring (bicyclic) bond motifs is 3. The topological polar surface area (TPSA) is 98.7 Å². The van der Waals surface area contributed by atoms with E-state index >= 15 is 0 Å². The van der Waals surface area contributed by atoms with Crippen molar-refractivity contribution in [2.75, 3.05) is 30.5 Å². The fourth-order valence-corrected chi connectivity index (χ4v) is 3.65. The van der Waals surface area contributed by atoms with Crippen molar-refractivity contribution in [1.29, 1.82) is 0 Å². The standard InChI is InChI=1S/C20H25N7O3/c1-12-13(2)27-16-17(24(3)20(29)25(4)18(16)28)22-19(27)26(23-12)10-9-21-14-7-6-8-15(11-14)30-5/h6-8,11,13,21H,9-10H2,1-5H3/t13-/m0/s1. The normalized spacial score (nSPS) is 15.8. The van der Waals surface area contributed by atoms with Crippen LogP contribution < -0.4 is 26.3 Å². The van der Waals surface area contributed by atoms with Gasteiger partial charge < -0.3 is 10.1 Å². The number of hydrazone groups is 1. The van der Waals surface area contributed by atoms with E-state index < -0.39 is 5.69 Å². The lowest BCUT2D eigenvalue weighted by Crippen LogP contribution is -2.39. The molecule has 0 saturated carbocycles. The molecule has 10 nitrogen and oxygen atoms in total. The lowest BCUT2D eigenvalue weighted by Gasteiger charge is -2.29. The minimum absolute atomic E-state index is 0.141. The molecule has 1 atom stereocenters. The lowest BCUT2D eigenvalue weighted by molar-refractivity contribution is 0.415. The van der Waals surface area contributed by atoms with Gasteiger partial charge in [-0.05, 0) is 26.0 Å². The first-order chi connectivity index (χ1) is 14.3. The van der Waals surface area contributed by atoms with E-state index in [9.17, 15) is 9.59 Å². The number of imidazole rings is 1. The van der Waals surface area contributed by atoms with Crippen molar-refractivity contribution in [3.05, 3.63) is 45.1 Å². The Morgan fingerprint density at radius 1 is 1.20 bits per heavy atom. The van der Waals surface area contributed by atoms with Crippen molar-refractivity contribution in [1.82, 2.24) is 18.7 Å². The first kappa shape index (κ1) is 19.7. The van der Waals surface area contributed by atoms with Gasteiger partial charge in [0, 0.05) is 32.4 Å². The molecule has 0 spiro atoms. The fourth-order valence-electron chi connectivity index (χ4n) is 3.65. The predicted octanol–water partition coefficient (Wildman–Crippen LogP) is 1.31. The zero-order valence-corrected chi connectivity index (χ0v) is 17.7. The molecule has 1 aliphatic heterocycles. The quantitative estimate of drug-likeness (QED) is 0.680. The largest absolute Gasteiger partial charge is 0.497 e. The monoisotopic (exact) mass is 411 g/mol. The summed E-state index contributed by atoms with van der Waals surface area (Å²) in [5.74, 6) is 1.33. The summed E-state index contributed by atoms with van der Waals surface area (Å²) in [6.45, 7) is 5.02. The van der Waals surface area contributed by atoms with Gasteiger partial charge in [0.2, 0.25) is 5.95 Å². The van der Waals surface area contributed by atoms with E-state index in [1.54, 1.807) is 19.2 Å². The van der Waals surface area contributed by atoms with Crippen LogP contribution >= 0.6 is 0 Å². The number of benzene rings is 1. The summed E-state index contributed by atoms with van der Waals surface area (Å²) in [7, 11) is 4.73. The Bertz CT molecular complexity index is 1270. The number of nitrogens with zero attached hydrogens (tertiary/aromatic N) is 6. The molecule has 2 aromatic heterocycles. The first-order valence-corrected chi connectivity index (χ1v) is 9.72. The molecule has 3 heterocycles. The molecule has 4 rings (SSSR count). The van der Waals surface area contributed by atoms with Gasteiger partial charge in [0.1, 0.15) is 5.75 Å². The maximum absolute atomic E-state index is 12.9. The molecule has 1 aromatic carbocycles. The number of ether oxygens (including phenoxy) is 1. The Kier molecular flexibility index (Phi) is 4.84. The first-order valence-electron chi connectivity index (χ1n) is 9.72. The van der Waals surface area contributed by atoms with Gasteiger partial charge >= 0.3 is 5.69 Å². The maximum atomic E-state index is 12.9. The highest BCUT2D eigenvalue weighted by atomic mass is 16.5. The molecule has 0 fully saturated rings. The van der Waals surface area contributed by atoms with Crippen molar-refractivity contribution >= 4 is 28.5 Å². The van der Waals surface area contributed by atoms with Crippen LogP contribution in [0.2, 0.25) is 0 Å². The molecule has 0 amide bonds. The van der Waals surface area contributed by atoms with Crippen LogP contribution in [0.4, 0.5) is 11.6 Å². The summed E-state index contributed by atoms with van der Waals surface area (Å²) in [5, 5.41) is 9.79. The zero-order valence-electron chi connectivity index (χ0n) is 17.7. The summed E-state index contributed by atoms with van der Waals surface area (Å²) in [6.07, 6.45) is 0. The van der Waals surface area contributed by atoms with Crippen LogP contribution in [0.3, 0.4) is 0 Å². The second kappa shape index (κ2) is 7.36. The lowest BCUT2D eigenvalue weighted by atomic mass is 10.2. The Labute approximate surface area is 173 Å². The fraction of sp³-hybridized carbons (Fsp3) is 0.400. The number of hydrogen-bond acceptors (Lipinski definition) is 7. The van der Waals surface area contributed by atoms with Crippen molar-refractivity contribution in [3.63, 3.8) is 0 Å². The average Bonchev–Trinajstić information content (AvgIpc) is 3.15. The third-order valence-corrected chi connectivity index (χ3v) is 5.50. The molecule has 0 unspecified atom stereocenters. The third-order valence-electron chi connectivity index (χ3n) is 5.50. The molecule has 0 bridgehead atoms. The number of aromatic nitrogens is 4. The van der Waals surface area contributed by atoms with Crippen molar-refractivity contribution in [3.8, 4) is 5.75 Å². The number of rotatable bonds is 5. The second-order valence-electron chi connectivity index (χ2n) is 7.36. The minimum Gasteiger partial charge on any atom is -0.497 e. The SMILES string of the molecule is COc1cccc(NCCN2N=C(C)[C@H](C)n3c2nc2c3c(=O)n(C)c(=O)n2C)c1. The van der Waals surface area contributed by atoms with Gasteiger partial charge in [-0.1, -0.05) is 6.07 Å².